The van der Waals surface area contributed by atoms with Crippen LogP contribution in [0.1, 0.15) is 6.42 Å². The maximum Gasteiger partial charge on any atom is 0.233 e. The summed E-state index contributed by atoms with van der Waals surface area (Å²) in [6.07, 6.45) is -18.0. The summed E-state index contributed by atoms with van der Waals surface area (Å²) in [5.74, 6) is -3.01. The molecule has 4 aliphatic rings. The number of rotatable bonds is 8. The van der Waals surface area contributed by atoms with Crippen LogP contribution in [0, 0.1) is 5.92 Å². The number of carbonyl (C=O) groups excluding carboxylic acids is 2. The number of ether oxygens (including phenoxy) is 5. The zero-order valence-electron chi connectivity index (χ0n) is 21.7. The first kappa shape index (κ1) is 32.4. The number of aliphatic hydroxyl groups is 8. The average Bonchev–Trinajstić information content (AvgIpc) is 3.30. The number of hydrogen-bond acceptors (Lipinski definition) is 18. The van der Waals surface area contributed by atoms with Gasteiger partial charge in [0.15, 0.2) is 18.9 Å². The molecule has 4 fully saturated rings. The van der Waals surface area contributed by atoms with Gasteiger partial charge in [-0.15, -0.1) is 0 Å². The van der Waals surface area contributed by atoms with Crippen molar-refractivity contribution in [3.8, 4) is 0 Å². The molecule has 3 unspecified atom stereocenters. The number of hydrogen-bond donors (Lipinski definition) is 12. The Labute approximate surface area is 232 Å². The van der Waals surface area contributed by atoms with Gasteiger partial charge in [-0.25, -0.2) is 0 Å². The number of imide groups is 1. The van der Waals surface area contributed by atoms with Crippen molar-refractivity contribution in [2.75, 3.05) is 19.8 Å². The van der Waals surface area contributed by atoms with Gasteiger partial charge < -0.3 is 81.7 Å². The first-order chi connectivity index (χ1) is 19.3. The van der Waals surface area contributed by atoms with Gasteiger partial charge in [0.1, 0.15) is 54.4 Å². The van der Waals surface area contributed by atoms with E-state index in [9.17, 15) is 50.4 Å². The summed E-state index contributed by atoms with van der Waals surface area (Å²) < 4.78 is 28.0. The molecule has 0 radical (unpaired) electrons. The lowest BCUT2D eigenvalue weighted by atomic mass is 9.76. The average molecular weight is 599 g/mol. The van der Waals surface area contributed by atoms with Crippen LogP contribution in [0.15, 0.2) is 0 Å². The molecule has 4 rings (SSSR count). The van der Waals surface area contributed by atoms with Gasteiger partial charge in [-0.2, -0.15) is 0 Å². The summed E-state index contributed by atoms with van der Waals surface area (Å²) in [7, 11) is 0. The number of nitrogens with one attached hydrogen (secondary N) is 1. The molecule has 0 spiro atoms. The van der Waals surface area contributed by atoms with Gasteiger partial charge in [0.2, 0.25) is 11.8 Å². The fourth-order valence-electron chi connectivity index (χ4n) is 5.58. The van der Waals surface area contributed by atoms with Crippen LogP contribution in [0.5, 0.6) is 0 Å². The van der Waals surface area contributed by atoms with Crippen LogP contribution in [0.4, 0.5) is 0 Å². The highest BCUT2D eigenvalue weighted by atomic mass is 16.7. The number of nitrogens with two attached hydrogens (primary N) is 3. The van der Waals surface area contributed by atoms with Crippen molar-refractivity contribution in [1.82, 2.24) is 5.32 Å². The van der Waals surface area contributed by atoms with Crippen LogP contribution in [0.2, 0.25) is 0 Å². The van der Waals surface area contributed by atoms with Crippen LogP contribution >= 0.6 is 0 Å². The molecule has 0 aromatic heterocycles. The molecule has 41 heavy (non-hydrogen) atoms. The largest absolute Gasteiger partial charge is 0.394 e. The molecule has 4 heterocycles. The van der Waals surface area contributed by atoms with E-state index in [1.807, 2.05) is 5.32 Å². The fourth-order valence-corrected chi connectivity index (χ4v) is 5.58. The van der Waals surface area contributed by atoms with Crippen LogP contribution in [-0.4, -0.2) is 164 Å². The quantitative estimate of drug-likeness (QED) is 0.115. The molecule has 16 atom stereocenters. The van der Waals surface area contributed by atoms with Crippen molar-refractivity contribution >= 4 is 11.8 Å². The highest BCUT2D eigenvalue weighted by Crippen LogP contribution is 2.40. The highest BCUT2D eigenvalue weighted by molar-refractivity contribution is 6.04. The van der Waals surface area contributed by atoms with E-state index in [4.69, 9.17) is 40.9 Å². The summed E-state index contributed by atoms with van der Waals surface area (Å²) in [6.45, 7) is -2.55. The van der Waals surface area contributed by atoms with Crippen molar-refractivity contribution in [2.45, 2.75) is 97.8 Å². The molecule has 0 bridgehead atoms. The summed E-state index contributed by atoms with van der Waals surface area (Å²) >= 11 is 0. The molecule has 19 nitrogen and oxygen atoms in total. The molecule has 15 N–H and O–H groups in total. The maximum atomic E-state index is 12.4. The van der Waals surface area contributed by atoms with Gasteiger partial charge in [0, 0.05) is 6.42 Å². The second kappa shape index (κ2) is 12.6. The molecule has 0 saturated carbocycles. The Morgan fingerprint density at radius 3 is 1.88 bits per heavy atom. The van der Waals surface area contributed by atoms with Crippen LogP contribution < -0.4 is 22.5 Å². The summed E-state index contributed by atoms with van der Waals surface area (Å²) in [4.78, 5) is 24.2. The minimum absolute atomic E-state index is 0.476. The van der Waals surface area contributed by atoms with Crippen molar-refractivity contribution in [2.24, 2.45) is 23.1 Å². The van der Waals surface area contributed by atoms with Gasteiger partial charge in [0.25, 0.3) is 0 Å². The Hall–Kier alpha value is -1.50. The molecule has 4 saturated heterocycles. The Balaban J connectivity index is 1.53. The summed E-state index contributed by atoms with van der Waals surface area (Å²) in [5, 5.41) is 84.6. The van der Waals surface area contributed by atoms with Crippen molar-refractivity contribution in [3.05, 3.63) is 0 Å². The Morgan fingerprint density at radius 1 is 0.805 bits per heavy atom. The SMILES string of the molecule is N[C@H]1[C@@H](OC2[C@@H](CO)O[C@@H](OC3[C@@H](CO)O[C@@H](O)[C@H](N)[C@H]3O)[C@H](N)[C@H]2O)O[C@@](CO)(C2CC(=O)NC2=O)[C@@H](O)[C@@H]1O. The van der Waals surface area contributed by atoms with E-state index in [0.29, 0.717) is 0 Å². The number of aliphatic hydroxyl groups excluding tert-OH is 8. The van der Waals surface area contributed by atoms with Crippen molar-refractivity contribution in [1.29, 1.82) is 0 Å². The van der Waals surface area contributed by atoms with Gasteiger partial charge in [0.05, 0.1) is 43.9 Å². The Kier molecular flexibility index (Phi) is 9.98. The monoisotopic (exact) mass is 598 g/mol. The lowest BCUT2D eigenvalue weighted by Crippen LogP contribution is -2.73. The van der Waals surface area contributed by atoms with E-state index < -0.39 is 135 Å². The van der Waals surface area contributed by atoms with Gasteiger partial charge >= 0.3 is 0 Å². The van der Waals surface area contributed by atoms with E-state index in [1.54, 1.807) is 0 Å². The smallest absolute Gasteiger partial charge is 0.233 e. The van der Waals surface area contributed by atoms with Crippen LogP contribution in [0.3, 0.4) is 0 Å². The third-order valence-corrected chi connectivity index (χ3v) is 8.08. The van der Waals surface area contributed by atoms with Crippen LogP contribution in [-0.2, 0) is 33.3 Å². The molecule has 0 aromatic carbocycles. The van der Waals surface area contributed by atoms with Crippen LogP contribution in [0.25, 0.3) is 0 Å². The summed E-state index contributed by atoms with van der Waals surface area (Å²) in [5.41, 5.74) is 15.6. The molecule has 4 aliphatic heterocycles. The second-order valence-electron chi connectivity index (χ2n) is 10.6. The molecule has 19 heteroatoms. The van der Waals surface area contributed by atoms with Gasteiger partial charge in [-0.05, 0) is 0 Å². The highest BCUT2D eigenvalue weighted by Gasteiger charge is 2.62. The maximum absolute atomic E-state index is 12.4. The normalized spacial score (nSPS) is 51.0. The third kappa shape index (κ3) is 5.74. The first-order valence-electron chi connectivity index (χ1n) is 12.9. The standard InChI is InChI=1S/C22H38N4O15/c23-9-12(31)15(6(2-27)37-19(9)36)39-20-10(24)13(32)16(7(3-28)38-20)40-21-11(25)14(33)17(34)22(4-29,41-21)5-1-8(30)26-18(5)35/h5-7,9-17,19-21,27-29,31-34,36H,1-4,23-25H2,(H,26,30,35)/t5?,6-,7-,9-,10-,11-,12-,13-,14-,15?,16?,17+,19-,20+,21+,22+/m1/s1. The molecule has 0 aliphatic carbocycles. The molecular weight excluding hydrogens is 560 g/mol. The molecular formula is C22H38N4O15. The predicted molar refractivity (Wildman–Crippen MR) is 127 cm³/mol. The van der Waals surface area contributed by atoms with E-state index >= 15 is 0 Å². The van der Waals surface area contributed by atoms with E-state index in [0.717, 1.165) is 0 Å². The van der Waals surface area contributed by atoms with Gasteiger partial charge in [-0.1, -0.05) is 0 Å². The second-order valence-corrected chi connectivity index (χ2v) is 10.6. The summed E-state index contributed by atoms with van der Waals surface area (Å²) in [6, 6.07) is -4.30. The lowest BCUT2D eigenvalue weighted by molar-refractivity contribution is -0.364. The van der Waals surface area contributed by atoms with Crippen molar-refractivity contribution < 1.29 is 74.1 Å². The third-order valence-electron chi connectivity index (χ3n) is 8.08. The zero-order valence-corrected chi connectivity index (χ0v) is 21.7. The Morgan fingerprint density at radius 2 is 1.34 bits per heavy atom. The number of amides is 2. The molecule has 236 valence electrons. The fraction of sp³-hybridized carbons (Fsp3) is 0.909. The number of carbonyl (C=O) groups is 2. The first-order valence-corrected chi connectivity index (χ1v) is 12.9. The van der Waals surface area contributed by atoms with Crippen molar-refractivity contribution in [3.63, 3.8) is 0 Å². The lowest BCUT2D eigenvalue weighted by Gasteiger charge is -2.52. The van der Waals surface area contributed by atoms with Gasteiger partial charge in [-0.3, -0.25) is 14.9 Å². The topological polar surface area (TPSA) is 332 Å². The minimum Gasteiger partial charge on any atom is -0.394 e. The van der Waals surface area contributed by atoms with E-state index in [2.05, 4.69) is 0 Å². The minimum atomic E-state index is -2.24. The van der Waals surface area contributed by atoms with E-state index in [1.165, 1.54) is 0 Å². The molecule has 0 aromatic rings. The molecule has 2 amide bonds. The Bertz CT molecular complexity index is 947. The zero-order chi connectivity index (χ0) is 30.4. The van der Waals surface area contributed by atoms with E-state index in [-0.39, 0.29) is 0 Å². The predicted octanol–water partition coefficient (Wildman–Crippen LogP) is -8.64.